The van der Waals surface area contributed by atoms with Crippen molar-refractivity contribution in [1.82, 2.24) is 20.4 Å². The van der Waals surface area contributed by atoms with Crippen LogP contribution in [0.5, 0.6) is 0 Å². The topological polar surface area (TPSA) is 59.0 Å². The number of aromatic nitrogens is 2. The monoisotopic (exact) mass is 336 g/mol. The third-order valence-electron chi connectivity index (χ3n) is 3.63. The maximum atomic E-state index is 14.1. The number of halogens is 2. The predicted molar refractivity (Wildman–Crippen MR) is 87.1 cm³/mol. The molecule has 0 bridgehead atoms. The minimum atomic E-state index is -0.678. The zero-order valence-electron chi connectivity index (χ0n) is 14.2. The molecule has 2 rings (SSSR count). The van der Waals surface area contributed by atoms with E-state index in [1.54, 1.807) is 24.1 Å². The van der Waals surface area contributed by atoms with E-state index >= 15 is 0 Å². The first-order valence-corrected chi connectivity index (χ1v) is 7.63. The maximum absolute atomic E-state index is 14.1. The maximum Gasteiger partial charge on any atom is 0.315 e. The summed E-state index contributed by atoms with van der Waals surface area (Å²) < 4.78 is 28.9. The Morgan fingerprint density at radius 2 is 2.04 bits per heavy atom. The molecule has 0 radical (unpaired) electrons. The van der Waals surface area contributed by atoms with Gasteiger partial charge in [0.25, 0.3) is 0 Å². The number of amides is 2. The Labute approximate surface area is 140 Å². The van der Waals surface area contributed by atoms with Crippen LogP contribution in [0.1, 0.15) is 37.9 Å². The molecule has 0 saturated carbocycles. The number of carbonyl (C=O) groups excluding carboxylic acids is 1. The summed E-state index contributed by atoms with van der Waals surface area (Å²) in [5.74, 6) is -1.33. The fourth-order valence-corrected chi connectivity index (χ4v) is 2.42. The number of aryl methyl sites for hydroxylation is 1. The van der Waals surface area contributed by atoms with Gasteiger partial charge in [-0.1, -0.05) is 26.8 Å². The van der Waals surface area contributed by atoms with Crippen molar-refractivity contribution in [3.63, 3.8) is 0 Å². The third kappa shape index (κ3) is 4.53. The normalized spacial score (nSPS) is 12.8. The summed E-state index contributed by atoms with van der Waals surface area (Å²) in [6.07, 6.45) is 3.45. The summed E-state index contributed by atoms with van der Waals surface area (Å²) in [6, 6.07) is 2.34. The van der Waals surface area contributed by atoms with Crippen LogP contribution in [0.2, 0.25) is 0 Å². The Morgan fingerprint density at radius 1 is 1.33 bits per heavy atom. The SMILES string of the molecule is Cn1cc(CNC(=O)N[C@@H](c2ccc(F)cc2F)C(C)(C)C)cn1. The number of nitrogens with one attached hydrogen (secondary N) is 2. The highest BCUT2D eigenvalue weighted by Crippen LogP contribution is 2.34. The Kier molecular flexibility index (Phi) is 5.21. The molecule has 0 aliphatic rings. The van der Waals surface area contributed by atoms with E-state index in [9.17, 15) is 13.6 Å². The van der Waals surface area contributed by atoms with Crippen LogP contribution in [0.15, 0.2) is 30.6 Å². The molecule has 0 fully saturated rings. The van der Waals surface area contributed by atoms with Crippen LogP contribution in [0, 0.1) is 17.0 Å². The summed E-state index contributed by atoms with van der Waals surface area (Å²) in [4.78, 5) is 12.2. The van der Waals surface area contributed by atoms with E-state index in [2.05, 4.69) is 15.7 Å². The second kappa shape index (κ2) is 6.98. The molecule has 0 spiro atoms. The second-order valence-electron chi connectivity index (χ2n) is 6.81. The average molecular weight is 336 g/mol. The van der Waals surface area contributed by atoms with Crippen molar-refractivity contribution < 1.29 is 13.6 Å². The first-order valence-electron chi connectivity index (χ1n) is 7.63. The Hall–Kier alpha value is -2.44. The summed E-state index contributed by atoms with van der Waals surface area (Å²) in [5, 5.41) is 9.51. The summed E-state index contributed by atoms with van der Waals surface area (Å²) in [5.41, 5.74) is 0.651. The van der Waals surface area contributed by atoms with Crippen molar-refractivity contribution >= 4 is 6.03 Å². The van der Waals surface area contributed by atoms with Gasteiger partial charge in [-0.3, -0.25) is 4.68 Å². The van der Waals surface area contributed by atoms with Gasteiger partial charge in [0.05, 0.1) is 12.2 Å². The number of hydrogen-bond acceptors (Lipinski definition) is 2. The van der Waals surface area contributed by atoms with Gasteiger partial charge < -0.3 is 10.6 Å². The molecular weight excluding hydrogens is 314 g/mol. The van der Waals surface area contributed by atoms with Crippen LogP contribution < -0.4 is 10.6 Å². The fourth-order valence-electron chi connectivity index (χ4n) is 2.42. The van der Waals surface area contributed by atoms with Crippen LogP contribution in [-0.4, -0.2) is 15.8 Å². The van der Waals surface area contributed by atoms with Gasteiger partial charge in [0.2, 0.25) is 0 Å². The van der Waals surface area contributed by atoms with Crippen LogP contribution in [0.3, 0.4) is 0 Å². The minimum Gasteiger partial charge on any atom is -0.334 e. The van der Waals surface area contributed by atoms with Crippen molar-refractivity contribution in [2.75, 3.05) is 0 Å². The largest absolute Gasteiger partial charge is 0.334 e. The van der Waals surface area contributed by atoms with Crippen molar-refractivity contribution in [3.05, 3.63) is 53.4 Å². The zero-order valence-corrected chi connectivity index (χ0v) is 14.2. The molecule has 130 valence electrons. The van der Waals surface area contributed by atoms with Crippen molar-refractivity contribution in [2.45, 2.75) is 33.4 Å². The molecule has 7 heteroatoms. The van der Waals surface area contributed by atoms with E-state index in [4.69, 9.17) is 0 Å². The van der Waals surface area contributed by atoms with E-state index in [-0.39, 0.29) is 5.56 Å². The fraction of sp³-hybridized carbons (Fsp3) is 0.412. The summed E-state index contributed by atoms with van der Waals surface area (Å²) in [7, 11) is 1.79. The summed E-state index contributed by atoms with van der Waals surface area (Å²) in [6.45, 7) is 5.94. The van der Waals surface area contributed by atoms with Gasteiger partial charge in [0.1, 0.15) is 11.6 Å². The highest BCUT2D eigenvalue weighted by Gasteiger charge is 2.30. The van der Waals surface area contributed by atoms with Gasteiger partial charge in [-0.25, -0.2) is 13.6 Å². The lowest BCUT2D eigenvalue weighted by molar-refractivity contribution is 0.216. The molecule has 24 heavy (non-hydrogen) atoms. The molecule has 0 aliphatic heterocycles. The van der Waals surface area contributed by atoms with Crippen LogP contribution in [-0.2, 0) is 13.6 Å². The molecule has 2 aromatic rings. The minimum absolute atomic E-state index is 0.250. The Balaban J connectivity index is 2.10. The quantitative estimate of drug-likeness (QED) is 0.900. The van der Waals surface area contributed by atoms with Gasteiger partial charge in [0.15, 0.2) is 0 Å². The van der Waals surface area contributed by atoms with Gasteiger partial charge >= 0.3 is 6.03 Å². The van der Waals surface area contributed by atoms with Gasteiger partial charge in [-0.2, -0.15) is 5.10 Å². The van der Waals surface area contributed by atoms with Crippen molar-refractivity contribution in [3.8, 4) is 0 Å². The molecule has 1 heterocycles. The molecule has 0 unspecified atom stereocenters. The lowest BCUT2D eigenvalue weighted by atomic mass is 9.82. The molecular formula is C17H22F2N4O. The highest BCUT2D eigenvalue weighted by atomic mass is 19.1. The average Bonchev–Trinajstić information content (AvgIpc) is 2.88. The molecule has 1 aromatic heterocycles. The van der Waals surface area contributed by atoms with Crippen LogP contribution in [0.25, 0.3) is 0 Å². The number of carbonyl (C=O) groups is 1. The first kappa shape index (κ1) is 17.9. The van der Waals surface area contributed by atoms with Crippen molar-refractivity contribution in [1.29, 1.82) is 0 Å². The lowest BCUT2D eigenvalue weighted by Gasteiger charge is -2.32. The zero-order chi connectivity index (χ0) is 17.9. The molecule has 1 aromatic carbocycles. The smallest absolute Gasteiger partial charge is 0.315 e. The van der Waals surface area contributed by atoms with Crippen LogP contribution in [0.4, 0.5) is 13.6 Å². The predicted octanol–water partition coefficient (Wildman–Crippen LogP) is 3.28. The van der Waals surface area contributed by atoms with E-state index in [0.717, 1.165) is 11.6 Å². The number of hydrogen-bond donors (Lipinski definition) is 2. The lowest BCUT2D eigenvalue weighted by Crippen LogP contribution is -2.42. The molecule has 0 saturated heterocycles. The third-order valence-corrected chi connectivity index (χ3v) is 3.63. The number of urea groups is 1. The molecule has 5 nitrogen and oxygen atoms in total. The number of rotatable bonds is 4. The molecule has 1 atom stereocenters. The number of nitrogens with zero attached hydrogens (tertiary/aromatic N) is 2. The first-order chi connectivity index (χ1) is 11.2. The molecule has 2 amide bonds. The Morgan fingerprint density at radius 3 is 2.58 bits per heavy atom. The number of benzene rings is 1. The second-order valence-corrected chi connectivity index (χ2v) is 6.81. The van der Waals surface area contributed by atoms with E-state index in [1.807, 2.05) is 20.8 Å². The van der Waals surface area contributed by atoms with Gasteiger partial charge in [0, 0.05) is 37.0 Å². The van der Waals surface area contributed by atoms with Gasteiger partial charge in [-0.15, -0.1) is 0 Å². The van der Waals surface area contributed by atoms with Crippen molar-refractivity contribution in [2.24, 2.45) is 12.5 Å². The standard InChI is InChI=1S/C17H22F2N4O/c1-17(2,3)15(13-6-5-12(18)7-14(13)19)22-16(24)20-8-11-9-21-23(4)10-11/h5-7,9-10,15H,8H2,1-4H3,(H2,20,22,24)/t15-/m0/s1. The van der Waals surface area contributed by atoms with Gasteiger partial charge in [-0.05, 0) is 11.5 Å². The molecule has 0 aliphatic carbocycles. The van der Waals surface area contributed by atoms with E-state index < -0.39 is 29.1 Å². The highest BCUT2D eigenvalue weighted by molar-refractivity contribution is 5.74. The van der Waals surface area contributed by atoms with E-state index in [0.29, 0.717) is 6.54 Å². The van der Waals surface area contributed by atoms with Crippen LogP contribution >= 0.6 is 0 Å². The Bertz CT molecular complexity index is 722. The summed E-state index contributed by atoms with van der Waals surface area (Å²) >= 11 is 0. The molecule has 2 N–H and O–H groups in total. The van der Waals surface area contributed by atoms with E-state index in [1.165, 1.54) is 12.1 Å².